The van der Waals surface area contributed by atoms with Crippen molar-refractivity contribution >= 4 is 6.08 Å². The molecule has 0 N–H and O–H groups in total. The summed E-state index contributed by atoms with van der Waals surface area (Å²) in [6.07, 6.45) is 11.0. The van der Waals surface area contributed by atoms with Crippen LogP contribution in [0.5, 0.6) is 0 Å². The Morgan fingerprint density at radius 1 is 1.04 bits per heavy atom. The molecule has 0 fully saturated rings. The fourth-order valence-electron chi connectivity index (χ4n) is 3.36. The molecule has 0 nitrogen and oxygen atoms in total. The monoisotopic (exact) mass is 614 g/mol. The summed E-state index contributed by atoms with van der Waals surface area (Å²) in [7, 11) is 0. The third-order valence-electron chi connectivity index (χ3n) is 4.57. The maximum atomic E-state index is 3.40. The quantitative estimate of drug-likeness (QED) is 0.302. The van der Waals surface area contributed by atoms with E-state index in [1.54, 1.807) is 11.1 Å². The van der Waals surface area contributed by atoms with Crippen LogP contribution in [0.2, 0.25) is 0 Å². The van der Waals surface area contributed by atoms with Crippen LogP contribution >= 0.6 is 0 Å². The zero-order valence-electron chi connectivity index (χ0n) is 14.4. The predicted octanol–water partition coefficient (Wildman–Crippen LogP) is -0.454. The predicted molar refractivity (Wildman–Crippen MR) is 90.4 cm³/mol. The molecule has 0 saturated heterocycles. The van der Waals surface area contributed by atoms with E-state index in [0.717, 1.165) is 0 Å². The minimum Gasteiger partial charge on any atom is -1.00 e. The van der Waals surface area contributed by atoms with Crippen LogP contribution in [-0.2, 0) is 38.7 Å². The molecular formula is C21H24Br2Hf. The van der Waals surface area contributed by atoms with Gasteiger partial charge in [0.25, 0.3) is 0 Å². The number of rotatable bonds is 1. The van der Waals surface area contributed by atoms with Crippen LogP contribution in [0.25, 0.3) is 6.08 Å². The molecule has 2 aromatic rings. The molecule has 1 atom stereocenters. The van der Waals surface area contributed by atoms with Crippen molar-refractivity contribution in [2.75, 3.05) is 0 Å². The van der Waals surface area contributed by atoms with E-state index in [2.05, 4.69) is 68.5 Å². The third-order valence-corrected chi connectivity index (χ3v) is 4.57. The van der Waals surface area contributed by atoms with Gasteiger partial charge in [0.05, 0.1) is 0 Å². The average molecular weight is 615 g/mol. The van der Waals surface area contributed by atoms with E-state index >= 15 is 0 Å². The molecule has 2 aliphatic carbocycles. The summed E-state index contributed by atoms with van der Waals surface area (Å²) < 4.78 is 0. The van der Waals surface area contributed by atoms with Crippen LogP contribution in [0.1, 0.15) is 54.9 Å². The van der Waals surface area contributed by atoms with Crippen LogP contribution in [0, 0.1) is 12.0 Å². The van der Waals surface area contributed by atoms with Crippen LogP contribution < -0.4 is 34.0 Å². The Balaban J connectivity index is 0.000000402. The van der Waals surface area contributed by atoms with Crippen LogP contribution in [0.15, 0.2) is 42.5 Å². The van der Waals surface area contributed by atoms with E-state index in [4.69, 9.17) is 0 Å². The van der Waals surface area contributed by atoms with Gasteiger partial charge in [-0.2, -0.15) is 28.8 Å². The van der Waals surface area contributed by atoms with Crippen molar-refractivity contribution < 1.29 is 59.8 Å². The van der Waals surface area contributed by atoms with Gasteiger partial charge in [-0.15, -0.1) is 11.6 Å². The Kier molecular flexibility index (Phi) is 11.8. The van der Waals surface area contributed by atoms with Crippen LogP contribution in [0.4, 0.5) is 0 Å². The Labute approximate surface area is 186 Å². The molecule has 2 aromatic carbocycles. The zero-order valence-corrected chi connectivity index (χ0v) is 21.1. The number of aryl methyl sites for hydroxylation is 2. The van der Waals surface area contributed by atoms with Crippen molar-refractivity contribution in [3.05, 3.63) is 70.8 Å². The van der Waals surface area contributed by atoms with Gasteiger partial charge < -0.3 is 34.0 Å². The van der Waals surface area contributed by atoms with E-state index in [9.17, 15) is 0 Å². The Morgan fingerprint density at radius 2 is 1.75 bits per heavy atom. The maximum absolute atomic E-state index is 3.40. The van der Waals surface area contributed by atoms with Gasteiger partial charge in [0, 0.05) is 0 Å². The number of benzene rings is 1. The van der Waals surface area contributed by atoms with Gasteiger partial charge in [-0.3, -0.25) is 6.08 Å². The molecule has 0 saturated carbocycles. The van der Waals surface area contributed by atoms with Crippen LogP contribution in [-0.4, -0.2) is 0 Å². The Morgan fingerprint density at radius 3 is 2.46 bits per heavy atom. The molecule has 126 valence electrons. The summed E-state index contributed by atoms with van der Waals surface area (Å²) in [5.74, 6) is 1.17. The van der Waals surface area contributed by atoms with Gasteiger partial charge in [0.1, 0.15) is 0 Å². The fourth-order valence-corrected chi connectivity index (χ4v) is 3.36. The molecule has 0 spiro atoms. The molecule has 0 bridgehead atoms. The van der Waals surface area contributed by atoms with Crippen LogP contribution in [0.3, 0.4) is 0 Å². The first-order valence-electron chi connectivity index (χ1n) is 8.17. The molecule has 0 aromatic heterocycles. The van der Waals surface area contributed by atoms with Gasteiger partial charge >= 0.3 is 25.8 Å². The zero-order chi connectivity index (χ0) is 14.7. The van der Waals surface area contributed by atoms with Gasteiger partial charge in [-0.05, 0) is 0 Å². The normalized spacial score (nSPS) is 16.5. The smallest absolute Gasteiger partial charge is 1.00 e. The molecular weight excluding hydrogens is 591 g/mol. The van der Waals surface area contributed by atoms with Crippen molar-refractivity contribution in [3.63, 3.8) is 0 Å². The summed E-state index contributed by atoms with van der Waals surface area (Å²) >= 11 is 0. The van der Waals surface area contributed by atoms with E-state index in [0.29, 0.717) is 11.8 Å². The molecule has 0 heterocycles. The van der Waals surface area contributed by atoms with Crippen molar-refractivity contribution in [2.24, 2.45) is 5.92 Å². The fraction of sp³-hybridized carbons (Fsp3) is 0.381. The second-order valence-electron chi connectivity index (χ2n) is 6.44. The summed E-state index contributed by atoms with van der Waals surface area (Å²) in [6, 6.07) is 15.2. The van der Waals surface area contributed by atoms with E-state index < -0.39 is 0 Å². The van der Waals surface area contributed by atoms with Crippen molar-refractivity contribution in [2.45, 2.75) is 45.4 Å². The molecule has 4 rings (SSSR count). The average Bonchev–Trinajstić information content (AvgIpc) is 3.14. The first-order valence-corrected chi connectivity index (χ1v) is 8.17. The Bertz CT molecular complexity index is 608. The number of allylic oxidation sites excluding steroid dienone is 1. The maximum Gasteiger partial charge on any atom is 4.00 e. The topological polar surface area (TPSA) is 0 Å². The minimum atomic E-state index is 0. The second-order valence-corrected chi connectivity index (χ2v) is 6.44. The number of halogens is 2. The summed E-state index contributed by atoms with van der Waals surface area (Å²) in [6.45, 7) is 4.49. The van der Waals surface area contributed by atoms with E-state index in [1.807, 2.05) is 0 Å². The molecule has 3 heteroatoms. The van der Waals surface area contributed by atoms with Gasteiger partial charge in [-0.25, -0.2) is 12.1 Å². The number of hydrogen-bond acceptors (Lipinski definition) is 0. The van der Waals surface area contributed by atoms with Gasteiger partial charge in [0.15, 0.2) is 0 Å². The van der Waals surface area contributed by atoms with Gasteiger partial charge in [0.2, 0.25) is 0 Å². The Hall–Kier alpha value is 0.140. The van der Waals surface area contributed by atoms with E-state index in [1.165, 1.54) is 36.8 Å². The summed E-state index contributed by atoms with van der Waals surface area (Å²) in [5, 5.41) is 0. The molecule has 1 unspecified atom stereocenters. The van der Waals surface area contributed by atoms with Crippen molar-refractivity contribution in [1.82, 2.24) is 0 Å². The molecule has 0 amide bonds. The number of fused-ring (bicyclic) bond motifs is 2. The summed E-state index contributed by atoms with van der Waals surface area (Å²) in [5.41, 5.74) is 5.98. The standard InChI is InChI=1S/C12H13.C9H11.2BrH.Hf/c1-9(2)11-8-7-10-5-3-4-6-12(10)11;1-2-5-9-7-3-6-8(9)4-1;;;/h3-7,9,11H,1-2H3;3,6-7H,1-2,4-5H2;2*1H;/q2*-1;;;+4/p-2. The molecule has 24 heavy (non-hydrogen) atoms. The van der Waals surface area contributed by atoms with E-state index in [-0.39, 0.29) is 59.8 Å². The number of hydrogen-bond donors (Lipinski definition) is 0. The van der Waals surface area contributed by atoms with Crippen molar-refractivity contribution in [3.8, 4) is 0 Å². The largest absolute Gasteiger partial charge is 4.00 e. The first-order chi connectivity index (χ1) is 10.3. The SMILES string of the molecule is CC(C)C1[C-]=Cc2ccccc21.[Br-].[Br-].[Hf+4].c1cc2c([cH-]1)CCCC2. The minimum absolute atomic E-state index is 0. The molecule has 0 radical (unpaired) electrons. The summed E-state index contributed by atoms with van der Waals surface area (Å²) in [4.78, 5) is 0. The van der Waals surface area contributed by atoms with Gasteiger partial charge in [-0.1, -0.05) is 69.6 Å². The molecule has 2 aliphatic rings. The molecule has 0 aliphatic heterocycles. The second kappa shape index (κ2) is 11.7. The van der Waals surface area contributed by atoms with Crippen molar-refractivity contribution in [1.29, 1.82) is 0 Å². The third kappa shape index (κ3) is 5.85. The first kappa shape index (κ1) is 24.1.